The topological polar surface area (TPSA) is 75.6 Å². The van der Waals surface area contributed by atoms with E-state index in [0.29, 0.717) is 58.1 Å². The number of methoxy groups -OCH3 is 2. The highest BCUT2D eigenvalue weighted by Crippen LogP contribution is 2.53. The summed E-state index contributed by atoms with van der Waals surface area (Å²) in [5.74, 6) is 1.06. The third-order valence-electron chi connectivity index (χ3n) is 6.61. The molecule has 0 amide bonds. The molecule has 0 radical (unpaired) electrons. The van der Waals surface area contributed by atoms with E-state index in [1.165, 1.54) is 0 Å². The van der Waals surface area contributed by atoms with E-state index in [-0.39, 0.29) is 19.0 Å². The lowest BCUT2D eigenvalue weighted by Crippen LogP contribution is -2.25. The molecule has 0 saturated heterocycles. The molecule has 0 atom stereocenters. The molecular formula is C31H32O7. The van der Waals surface area contributed by atoms with Crippen LogP contribution in [0.5, 0.6) is 28.7 Å². The van der Waals surface area contributed by atoms with Gasteiger partial charge in [-0.2, -0.15) is 0 Å². The molecule has 38 heavy (non-hydrogen) atoms. The van der Waals surface area contributed by atoms with Gasteiger partial charge < -0.3 is 33.5 Å². The van der Waals surface area contributed by atoms with Crippen molar-refractivity contribution >= 4 is 10.8 Å². The van der Waals surface area contributed by atoms with Gasteiger partial charge in [0.2, 0.25) is 0 Å². The van der Waals surface area contributed by atoms with E-state index in [1.54, 1.807) is 20.3 Å². The molecule has 4 aromatic rings. The number of hydrogen-bond donors (Lipinski definition) is 1. The van der Waals surface area contributed by atoms with Crippen LogP contribution in [0.2, 0.25) is 0 Å². The Labute approximate surface area is 222 Å². The molecule has 198 valence electrons. The molecule has 0 aliphatic carbocycles. The fourth-order valence-electron chi connectivity index (χ4n) is 4.59. The third kappa shape index (κ3) is 5.08. The fourth-order valence-corrected chi connectivity index (χ4v) is 4.59. The molecule has 0 spiro atoms. The average molecular weight is 517 g/mol. The molecule has 5 rings (SSSR count). The lowest BCUT2D eigenvalue weighted by molar-refractivity contribution is -0.219. The van der Waals surface area contributed by atoms with Gasteiger partial charge in [-0.25, -0.2) is 0 Å². The van der Waals surface area contributed by atoms with Gasteiger partial charge in [-0.3, -0.25) is 0 Å². The van der Waals surface area contributed by atoms with Gasteiger partial charge in [0.1, 0.15) is 30.5 Å². The number of phenolic OH excluding ortho intramolecular Hbond substituents is 1. The van der Waals surface area contributed by atoms with Gasteiger partial charge in [0.15, 0.2) is 17.3 Å². The van der Waals surface area contributed by atoms with Crippen molar-refractivity contribution in [2.24, 2.45) is 0 Å². The van der Waals surface area contributed by atoms with Gasteiger partial charge in [0, 0.05) is 17.2 Å². The quantitative estimate of drug-likeness (QED) is 0.286. The summed E-state index contributed by atoms with van der Waals surface area (Å²) >= 11 is 0. The zero-order valence-corrected chi connectivity index (χ0v) is 22.1. The monoisotopic (exact) mass is 516 g/mol. The second-order valence-corrected chi connectivity index (χ2v) is 9.52. The first-order valence-corrected chi connectivity index (χ1v) is 12.5. The molecular weight excluding hydrogens is 484 g/mol. The molecule has 0 unspecified atom stereocenters. The van der Waals surface area contributed by atoms with Gasteiger partial charge in [0.25, 0.3) is 0 Å². The molecule has 0 fully saturated rings. The number of rotatable bonds is 8. The summed E-state index contributed by atoms with van der Waals surface area (Å²) in [6.07, 6.45) is 0. The van der Waals surface area contributed by atoms with Crippen LogP contribution < -0.4 is 18.9 Å². The Bertz CT molecular complexity index is 1420. The Morgan fingerprint density at radius 2 is 1.29 bits per heavy atom. The van der Waals surface area contributed by atoms with Crippen molar-refractivity contribution < 1.29 is 33.5 Å². The predicted octanol–water partition coefficient (Wildman–Crippen LogP) is 6.50. The first-order chi connectivity index (χ1) is 18.4. The van der Waals surface area contributed by atoms with Gasteiger partial charge in [-0.15, -0.1) is 0 Å². The number of hydrogen-bond acceptors (Lipinski definition) is 7. The molecule has 1 aliphatic rings. The number of fused-ring (bicyclic) bond motifs is 2. The molecule has 1 aliphatic heterocycles. The maximum atomic E-state index is 11.7. The van der Waals surface area contributed by atoms with Gasteiger partial charge >= 0.3 is 0 Å². The Hall–Kier alpha value is -3.94. The van der Waals surface area contributed by atoms with Gasteiger partial charge in [-0.1, -0.05) is 60.7 Å². The van der Waals surface area contributed by atoms with Crippen LogP contribution in [0.15, 0.2) is 66.7 Å². The van der Waals surface area contributed by atoms with Crippen LogP contribution in [0.25, 0.3) is 10.8 Å². The molecule has 0 bridgehead atoms. The fraction of sp³-hybridized carbons (Fsp3) is 0.290. The number of benzene rings is 4. The van der Waals surface area contributed by atoms with Gasteiger partial charge in [-0.05, 0) is 25.0 Å². The lowest BCUT2D eigenvalue weighted by Gasteiger charge is -2.23. The zero-order chi connectivity index (χ0) is 26.7. The highest BCUT2D eigenvalue weighted by atomic mass is 16.7. The van der Waals surface area contributed by atoms with Crippen molar-refractivity contribution in [2.45, 2.75) is 46.1 Å². The van der Waals surface area contributed by atoms with E-state index in [4.69, 9.17) is 28.4 Å². The third-order valence-corrected chi connectivity index (χ3v) is 6.61. The Morgan fingerprint density at radius 1 is 0.711 bits per heavy atom. The van der Waals surface area contributed by atoms with E-state index in [2.05, 4.69) is 0 Å². The predicted molar refractivity (Wildman–Crippen MR) is 144 cm³/mol. The van der Waals surface area contributed by atoms with Crippen LogP contribution in [0.1, 0.15) is 36.1 Å². The molecule has 0 aromatic heterocycles. The molecule has 4 aromatic carbocycles. The Kier molecular flexibility index (Phi) is 7.31. The van der Waals surface area contributed by atoms with Crippen LogP contribution in [-0.2, 0) is 35.9 Å². The highest BCUT2D eigenvalue weighted by molar-refractivity contribution is 6.05. The van der Waals surface area contributed by atoms with E-state index in [9.17, 15) is 5.11 Å². The molecule has 1 N–H and O–H groups in total. The highest BCUT2D eigenvalue weighted by Gasteiger charge is 2.33. The molecule has 7 nitrogen and oxygen atoms in total. The van der Waals surface area contributed by atoms with Crippen molar-refractivity contribution in [3.05, 3.63) is 89.0 Å². The van der Waals surface area contributed by atoms with Crippen LogP contribution in [0.3, 0.4) is 0 Å². The van der Waals surface area contributed by atoms with Crippen LogP contribution in [0.4, 0.5) is 0 Å². The van der Waals surface area contributed by atoms with Crippen molar-refractivity contribution in [3.63, 3.8) is 0 Å². The lowest BCUT2D eigenvalue weighted by atomic mass is 9.96. The first kappa shape index (κ1) is 25.7. The van der Waals surface area contributed by atoms with Crippen molar-refractivity contribution in [3.8, 4) is 28.7 Å². The SMILES string of the molecule is COc1cc(OCc2ccccc2)c2c(O)c3c(c(OC)c2c1OCc1ccccc1)COC(C)(C)OC3. The molecule has 1 heterocycles. The van der Waals surface area contributed by atoms with Gasteiger partial charge in [0.05, 0.1) is 38.2 Å². The minimum absolute atomic E-state index is 0.0346. The van der Waals surface area contributed by atoms with E-state index < -0.39 is 5.79 Å². The second-order valence-electron chi connectivity index (χ2n) is 9.52. The summed E-state index contributed by atoms with van der Waals surface area (Å²) in [5, 5.41) is 12.7. The first-order valence-electron chi connectivity index (χ1n) is 12.5. The molecule has 0 saturated carbocycles. The Balaban J connectivity index is 1.71. The normalized spacial score (nSPS) is 14.4. The van der Waals surface area contributed by atoms with E-state index >= 15 is 0 Å². The minimum Gasteiger partial charge on any atom is -0.507 e. The smallest absolute Gasteiger partial charge is 0.173 e. The summed E-state index contributed by atoms with van der Waals surface area (Å²) in [5.41, 5.74) is 3.26. The van der Waals surface area contributed by atoms with Crippen LogP contribution >= 0.6 is 0 Å². The summed E-state index contributed by atoms with van der Waals surface area (Å²) in [6, 6.07) is 21.4. The summed E-state index contributed by atoms with van der Waals surface area (Å²) < 4.78 is 36.4. The summed E-state index contributed by atoms with van der Waals surface area (Å²) in [7, 11) is 3.17. The van der Waals surface area contributed by atoms with Crippen LogP contribution in [0, 0.1) is 0 Å². The summed E-state index contributed by atoms with van der Waals surface area (Å²) in [6.45, 7) is 4.61. The van der Waals surface area contributed by atoms with Crippen molar-refractivity contribution in [1.82, 2.24) is 0 Å². The Morgan fingerprint density at radius 3 is 1.87 bits per heavy atom. The number of ether oxygens (including phenoxy) is 6. The largest absolute Gasteiger partial charge is 0.507 e. The standard InChI is InChI=1S/C31H32O7/c1-31(2)37-18-22-23(19-38-31)29(34-4)27-26(28(22)32)24(35-16-20-11-7-5-8-12-20)15-25(33-3)30(27)36-17-21-13-9-6-10-14-21/h5-15,32H,16-19H2,1-4H3. The van der Waals surface area contributed by atoms with E-state index in [1.807, 2.05) is 74.5 Å². The maximum Gasteiger partial charge on any atom is 0.173 e. The van der Waals surface area contributed by atoms with Crippen molar-refractivity contribution in [2.75, 3.05) is 14.2 Å². The number of phenols is 1. The van der Waals surface area contributed by atoms with Crippen LogP contribution in [-0.4, -0.2) is 25.1 Å². The summed E-state index contributed by atoms with van der Waals surface area (Å²) in [4.78, 5) is 0. The number of aromatic hydroxyl groups is 1. The average Bonchev–Trinajstić information content (AvgIpc) is 3.10. The second kappa shape index (κ2) is 10.8. The van der Waals surface area contributed by atoms with E-state index in [0.717, 1.165) is 11.1 Å². The zero-order valence-electron chi connectivity index (χ0n) is 22.1. The maximum absolute atomic E-state index is 11.7. The molecule has 7 heteroatoms. The minimum atomic E-state index is -0.834. The van der Waals surface area contributed by atoms with Crippen molar-refractivity contribution in [1.29, 1.82) is 0 Å².